The first-order valence-corrected chi connectivity index (χ1v) is 13.3. The molecule has 0 aliphatic heterocycles. The summed E-state index contributed by atoms with van der Waals surface area (Å²) in [6.07, 6.45) is -1.69. The summed E-state index contributed by atoms with van der Waals surface area (Å²) < 4.78 is 57.8. The van der Waals surface area contributed by atoms with E-state index in [1.807, 2.05) is 11.5 Å². The first kappa shape index (κ1) is 29.2. The number of ether oxygens (including phenoxy) is 2. The molecule has 0 saturated carbocycles. The van der Waals surface area contributed by atoms with Gasteiger partial charge in [0.15, 0.2) is 6.29 Å². The fourth-order valence-corrected chi connectivity index (χ4v) is 4.91. The molecule has 0 unspecified atom stereocenters. The Hall–Kier alpha value is -4.25. The van der Waals surface area contributed by atoms with E-state index in [0.29, 0.717) is 29.0 Å². The number of methoxy groups -OCH3 is 1. The molecule has 5 aromatic rings. The Morgan fingerprint density at radius 2 is 1.67 bits per heavy atom. The van der Waals surface area contributed by atoms with Crippen molar-refractivity contribution in [2.24, 2.45) is 0 Å². The molecular formula is C32H30F3N3O4. The number of hydrogen-bond acceptors (Lipinski definition) is 6. The summed E-state index contributed by atoms with van der Waals surface area (Å²) in [5, 5.41) is 19.3. The van der Waals surface area contributed by atoms with E-state index in [-0.39, 0.29) is 47.3 Å². The van der Waals surface area contributed by atoms with Gasteiger partial charge in [0.05, 0.1) is 29.4 Å². The predicted molar refractivity (Wildman–Crippen MR) is 151 cm³/mol. The van der Waals surface area contributed by atoms with Crippen LogP contribution in [-0.4, -0.2) is 38.5 Å². The highest BCUT2D eigenvalue weighted by molar-refractivity contribution is 5.77. The molecule has 0 aliphatic carbocycles. The van der Waals surface area contributed by atoms with Crippen LogP contribution in [0.1, 0.15) is 47.3 Å². The molecule has 0 saturated heterocycles. The third-order valence-electron chi connectivity index (χ3n) is 7.00. The van der Waals surface area contributed by atoms with Crippen LogP contribution in [-0.2, 0) is 17.8 Å². The molecule has 2 aromatic heterocycles. The average Bonchev–Trinajstić information content (AvgIpc) is 3.31. The monoisotopic (exact) mass is 577 g/mol. The van der Waals surface area contributed by atoms with Crippen molar-refractivity contribution in [3.8, 4) is 17.1 Å². The number of aryl methyl sites for hydroxylation is 1. The smallest absolute Gasteiger partial charge is 0.214 e. The summed E-state index contributed by atoms with van der Waals surface area (Å²) in [6, 6.07) is 16.3. The van der Waals surface area contributed by atoms with Crippen LogP contribution in [0.5, 0.6) is 5.88 Å². The molecule has 1 atom stereocenters. The van der Waals surface area contributed by atoms with Gasteiger partial charge in [-0.3, -0.25) is 0 Å². The summed E-state index contributed by atoms with van der Waals surface area (Å²) in [6.45, 7) is 3.93. The molecule has 0 spiro atoms. The van der Waals surface area contributed by atoms with Gasteiger partial charge in [-0.05, 0) is 61.4 Å². The van der Waals surface area contributed by atoms with Gasteiger partial charge in [-0.1, -0.05) is 24.3 Å². The second kappa shape index (κ2) is 12.3. The van der Waals surface area contributed by atoms with Crippen molar-refractivity contribution in [1.29, 1.82) is 0 Å². The van der Waals surface area contributed by atoms with E-state index >= 15 is 8.78 Å². The molecule has 7 nitrogen and oxygen atoms in total. The number of benzene rings is 3. The molecule has 0 fully saturated rings. The van der Waals surface area contributed by atoms with Crippen LogP contribution in [0.15, 0.2) is 66.7 Å². The highest BCUT2D eigenvalue weighted by Crippen LogP contribution is 2.30. The summed E-state index contributed by atoms with van der Waals surface area (Å²) in [5.41, 5.74) is 2.80. The number of aromatic nitrogens is 3. The number of pyridine rings is 1. The van der Waals surface area contributed by atoms with Crippen LogP contribution in [0, 0.1) is 24.4 Å². The molecule has 0 bridgehead atoms. The first-order valence-electron chi connectivity index (χ1n) is 13.3. The quantitative estimate of drug-likeness (QED) is 0.193. The van der Waals surface area contributed by atoms with Crippen LogP contribution in [0.2, 0.25) is 0 Å². The van der Waals surface area contributed by atoms with Gasteiger partial charge in [0.2, 0.25) is 5.88 Å². The molecular weight excluding hydrogens is 547 g/mol. The largest absolute Gasteiger partial charge is 0.473 e. The number of halogens is 3. The zero-order chi connectivity index (χ0) is 30.0. The number of rotatable bonds is 10. The Balaban J connectivity index is 1.43. The molecule has 0 aliphatic rings. The van der Waals surface area contributed by atoms with Gasteiger partial charge < -0.3 is 24.3 Å². The first-order chi connectivity index (χ1) is 20.1. The van der Waals surface area contributed by atoms with Gasteiger partial charge in [-0.15, -0.1) is 0 Å². The average molecular weight is 578 g/mol. The normalized spacial score (nSPS) is 12.3. The minimum atomic E-state index is -1.67. The van der Waals surface area contributed by atoms with E-state index in [1.54, 1.807) is 56.5 Å². The Labute approximate surface area is 240 Å². The second-order valence-corrected chi connectivity index (χ2v) is 10.2. The third-order valence-corrected chi connectivity index (χ3v) is 7.00. The van der Waals surface area contributed by atoms with E-state index in [2.05, 4.69) is 9.97 Å². The maximum absolute atomic E-state index is 15.5. The highest BCUT2D eigenvalue weighted by atomic mass is 19.1. The molecule has 2 heterocycles. The van der Waals surface area contributed by atoms with Crippen LogP contribution < -0.4 is 4.74 Å². The summed E-state index contributed by atoms with van der Waals surface area (Å²) in [5.74, 6) is -1.12. The van der Waals surface area contributed by atoms with E-state index in [1.165, 1.54) is 12.1 Å². The Bertz CT molecular complexity index is 1740. The molecule has 218 valence electrons. The molecule has 10 heteroatoms. The van der Waals surface area contributed by atoms with Crippen molar-refractivity contribution in [1.82, 2.24) is 14.5 Å². The topological polar surface area (TPSA) is 89.6 Å². The third kappa shape index (κ3) is 6.15. The van der Waals surface area contributed by atoms with Gasteiger partial charge >= 0.3 is 0 Å². The zero-order valence-electron chi connectivity index (χ0n) is 23.3. The van der Waals surface area contributed by atoms with Crippen molar-refractivity contribution < 1.29 is 32.9 Å². The second-order valence-electron chi connectivity index (χ2n) is 10.2. The standard InChI is InChI=1S/C32H30F3N3O4/c1-18-7-8-21(24(33)11-18)17-42-31-6-4-5-27(37-31)23-15-25(34)22(12-26(23)35)14-30-36-28-10-9-20(32(39)40)13-29(28)38(30)19(2)16-41-3/h4-13,15,19,32,39-40H,14,16-17H2,1-3H3/t19-/m0/s1. The maximum Gasteiger partial charge on any atom is 0.214 e. The van der Waals surface area contributed by atoms with Crippen LogP contribution in [0.25, 0.3) is 22.3 Å². The number of nitrogens with zero attached hydrogens (tertiary/aromatic N) is 3. The van der Waals surface area contributed by atoms with Crippen molar-refractivity contribution in [2.75, 3.05) is 13.7 Å². The number of aliphatic hydroxyl groups excluding tert-OH is 1. The summed E-state index contributed by atoms with van der Waals surface area (Å²) in [4.78, 5) is 8.94. The molecule has 5 rings (SSSR count). The van der Waals surface area contributed by atoms with Gasteiger partial charge in [0, 0.05) is 36.3 Å². The Morgan fingerprint density at radius 3 is 2.40 bits per heavy atom. The lowest BCUT2D eigenvalue weighted by molar-refractivity contribution is -0.0424. The van der Waals surface area contributed by atoms with Gasteiger partial charge in [-0.25, -0.2) is 23.1 Å². The van der Waals surface area contributed by atoms with Gasteiger partial charge in [-0.2, -0.15) is 0 Å². The lowest BCUT2D eigenvalue weighted by atomic mass is 10.0. The maximum atomic E-state index is 15.5. The zero-order valence-corrected chi connectivity index (χ0v) is 23.3. The fourth-order valence-electron chi connectivity index (χ4n) is 4.91. The van der Waals surface area contributed by atoms with E-state index in [4.69, 9.17) is 9.47 Å². The van der Waals surface area contributed by atoms with E-state index < -0.39 is 23.7 Å². The Morgan fingerprint density at radius 1 is 0.881 bits per heavy atom. The number of imidazole rings is 1. The molecule has 3 aromatic carbocycles. The van der Waals surface area contributed by atoms with Gasteiger partial charge in [0.1, 0.15) is 29.9 Å². The van der Waals surface area contributed by atoms with E-state index in [0.717, 1.165) is 17.7 Å². The molecule has 42 heavy (non-hydrogen) atoms. The number of hydrogen-bond donors (Lipinski definition) is 2. The van der Waals surface area contributed by atoms with Crippen LogP contribution in [0.4, 0.5) is 13.2 Å². The van der Waals surface area contributed by atoms with Crippen molar-refractivity contribution in [2.45, 2.75) is 39.2 Å². The summed E-state index contributed by atoms with van der Waals surface area (Å²) in [7, 11) is 1.56. The lowest BCUT2D eigenvalue weighted by Crippen LogP contribution is -2.15. The predicted octanol–water partition coefficient (Wildman–Crippen LogP) is 6.18. The fraction of sp³-hybridized carbons (Fsp3) is 0.250. The minimum Gasteiger partial charge on any atom is -0.473 e. The summed E-state index contributed by atoms with van der Waals surface area (Å²) >= 11 is 0. The van der Waals surface area contributed by atoms with Crippen molar-refractivity contribution in [3.05, 3.63) is 112 Å². The molecule has 2 N–H and O–H groups in total. The van der Waals surface area contributed by atoms with E-state index in [9.17, 15) is 14.6 Å². The van der Waals surface area contributed by atoms with Crippen LogP contribution in [0.3, 0.4) is 0 Å². The SMILES string of the molecule is COC[C@H](C)n1c(Cc2cc(F)c(-c3cccc(OCc4ccc(C)cc4F)n3)cc2F)nc2ccc(C(O)O)cc21. The highest BCUT2D eigenvalue weighted by Gasteiger charge is 2.21. The number of aliphatic hydroxyl groups is 2. The molecule has 0 amide bonds. The van der Waals surface area contributed by atoms with Crippen LogP contribution >= 0.6 is 0 Å². The van der Waals surface area contributed by atoms with Gasteiger partial charge in [0.25, 0.3) is 0 Å². The Kier molecular flexibility index (Phi) is 8.58. The van der Waals surface area contributed by atoms with Crippen molar-refractivity contribution >= 4 is 11.0 Å². The molecule has 0 radical (unpaired) electrons. The minimum absolute atomic E-state index is 0.0263. The number of fused-ring (bicyclic) bond motifs is 1. The lowest BCUT2D eigenvalue weighted by Gasteiger charge is -2.18. The van der Waals surface area contributed by atoms with Crippen molar-refractivity contribution in [3.63, 3.8) is 0 Å².